The molecule has 0 unspecified atom stereocenters. The second kappa shape index (κ2) is 7.42. The first-order chi connectivity index (χ1) is 10.8. The fraction of sp³-hybridized carbons (Fsp3) is 0.562. The van der Waals surface area contributed by atoms with Gasteiger partial charge in [-0.1, -0.05) is 29.8 Å². The molecule has 0 bridgehead atoms. The average Bonchev–Trinajstić information content (AvgIpc) is 2.46. The van der Waals surface area contributed by atoms with Crippen LogP contribution in [-0.2, 0) is 20.6 Å². The minimum absolute atomic E-state index is 0.0132. The lowest BCUT2D eigenvalue weighted by atomic mass is 10.1. The van der Waals surface area contributed by atoms with Crippen molar-refractivity contribution >= 4 is 16.0 Å². The molecule has 1 saturated heterocycles. The van der Waals surface area contributed by atoms with E-state index >= 15 is 0 Å². The van der Waals surface area contributed by atoms with Crippen molar-refractivity contribution in [3.63, 3.8) is 0 Å². The highest BCUT2D eigenvalue weighted by Gasteiger charge is 2.30. The molecule has 0 radical (unpaired) electrons. The first-order valence-electron chi connectivity index (χ1n) is 7.73. The molecule has 1 aliphatic heterocycles. The topological polar surface area (TPSA) is 77.9 Å². The van der Waals surface area contributed by atoms with Crippen molar-refractivity contribution in [2.24, 2.45) is 0 Å². The lowest BCUT2D eigenvalue weighted by Gasteiger charge is -2.35. The van der Waals surface area contributed by atoms with Crippen LogP contribution in [0.15, 0.2) is 24.3 Å². The van der Waals surface area contributed by atoms with Crippen LogP contribution in [0.1, 0.15) is 24.0 Å². The van der Waals surface area contributed by atoms with Gasteiger partial charge in [0.1, 0.15) is 0 Å². The van der Waals surface area contributed by atoms with Crippen LogP contribution in [0.5, 0.6) is 0 Å². The van der Waals surface area contributed by atoms with E-state index in [0.29, 0.717) is 25.9 Å². The molecule has 6 nitrogen and oxygen atoms in total. The summed E-state index contributed by atoms with van der Waals surface area (Å²) in [5.41, 5.74) is 1.85. The third kappa shape index (κ3) is 5.02. The van der Waals surface area contributed by atoms with Gasteiger partial charge < -0.3 is 5.11 Å². The average molecular weight is 340 g/mol. The summed E-state index contributed by atoms with van der Waals surface area (Å²) in [5, 5.41) is 8.83. The van der Waals surface area contributed by atoms with E-state index in [2.05, 4.69) is 0 Å². The summed E-state index contributed by atoms with van der Waals surface area (Å²) >= 11 is 0. The zero-order valence-corrected chi connectivity index (χ0v) is 14.4. The van der Waals surface area contributed by atoms with Gasteiger partial charge in [0.25, 0.3) is 0 Å². The van der Waals surface area contributed by atoms with Crippen LogP contribution < -0.4 is 0 Å². The summed E-state index contributed by atoms with van der Waals surface area (Å²) in [6.45, 7) is 2.83. The molecule has 1 N–H and O–H groups in total. The summed E-state index contributed by atoms with van der Waals surface area (Å²) in [6.07, 6.45) is 1.33. The summed E-state index contributed by atoms with van der Waals surface area (Å²) in [5.74, 6) is -0.841. The molecule has 0 aromatic heterocycles. The molecular formula is C16H24N2O4S. The number of piperidine rings is 1. The molecule has 1 aliphatic rings. The Morgan fingerprint density at radius 1 is 1.35 bits per heavy atom. The smallest absolute Gasteiger partial charge is 0.317 e. The van der Waals surface area contributed by atoms with Crippen molar-refractivity contribution in [2.45, 2.75) is 31.6 Å². The van der Waals surface area contributed by atoms with E-state index in [4.69, 9.17) is 5.11 Å². The quantitative estimate of drug-likeness (QED) is 0.845. The van der Waals surface area contributed by atoms with E-state index in [9.17, 15) is 13.2 Å². The predicted molar refractivity (Wildman–Crippen MR) is 88.7 cm³/mol. The van der Waals surface area contributed by atoms with Gasteiger partial charge in [-0.05, 0) is 32.4 Å². The summed E-state index contributed by atoms with van der Waals surface area (Å²) in [7, 11) is -1.55. The number of hydrogen-bond donors (Lipinski definition) is 1. The van der Waals surface area contributed by atoms with Crippen LogP contribution in [0.4, 0.5) is 0 Å². The number of sulfonamides is 1. The minimum atomic E-state index is -3.33. The summed E-state index contributed by atoms with van der Waals surface area (Å²) in [6, 6.07) is 7.66. The van der Waals surface area contributed by atoms with E-state index in [0.717, 1.165) is 11.1 Å². The highest BCUT2D eigenvalue weighted by atomic mass is 32.2. The zero-order valence-electron chi connectivity index (χ0n) is 13.6. The Bertz CT molecular complexity index is 652. The first kappa shape index (κ1) is 17.9. The van der Waals surface area contributed by atoms with Crippen LogP contribution >= 0.6 is 0 Å². The van der Waals surface area contributed by atoms with Crippen molar-refractivity contribution in [1.29, 1.82) is 0 Å². The highest BCUT2D eigenvalue weighted by molar-refractivity contribution is 7.88. The Kier molecular flexibility index (Phi) is 5.78. The number of likely N-dealkylation sites (N-methyl/N-ethyl adjacent to an activating group) is 1. The van der Waals surface area contributed by atoms with Crippen LogP contribution in [-0.4, -0.2) is 61.4 Å². The Morgan fingerprint density at radius 2 is 2.00 bits per heavy atom. The normalized spacial score (nSPS) is 17.5. The van der Waals surface area contributed by atoms with Crippen molar-refractivity contribution in [2.75, 3.05) is 26.7 Å². The molecule has 1 aromatic carbocycles. The second-order valence-electron chi connectivity index (χ2n) is 6.18. The van der Waals surface area contributed by atoms with Crippen LogP contribution in [0.25, 0.3) is 0 Å². The monoisotopic (exact) mass is 340 g/mol. The van der Waals surface area contributed by atoms with Gasteiger partial charge in [0.15, 0.2) is 0 Å². The molecule has 0 amide bonds. The third-order valence-corrected chi connectivity index (χ3v) is 6.11. The largest absolute Gasteiger partial charge is 0.480 e. The Balaban J connectivity index is 1.94. The molecule has 0 aliphatic carbocycles. The van der Waals surface area contributed by atoms with Gasteiger partial charge in [0.05, 0.1) is 12.3 Å². The molecule has 2 rings (SSSR count). The van der Waals surface area contributed by atoms with Gasteiger partial charge in [-0.2, -0.15) is 0 Å². The molecule has 1 fully saturated rings. The maximum absolute atomic E-state index is 12.5. The Labute approximate surface area is 137 Å². The van der Waals surface area contributed by atoms with Gasteiger partial charge in [-0.25, -0.2) is 12.7 Å². The van der Waals surface area contributed by atoms with Gasteiger partial charge in [-0.3, -0.25) is 9.69 Å². The molecule has 1 aromatic rings. The maximum atomic E-state index is 12.5. The second-order valence-corrected chi connectivity index (χ2v) is 8.15. The number of benzene rings is 1. The zero-order chi connectivity index (χ0) is 17.0. The SMILES string of the molecule is Cc1cccc(CS(=O)(=O)N2CCC(N(C)CC(=O)O)CC2)c1. The van der Waals surface area contributed by atoms with Crippen molar-refractivity contribution in [3.05, 3.63) is 35.4 Å². The molecule has 23 heavy (non-hydrogen) atoms. The van der Waals surface area contributed by atoms with Crippen molar-refractivity contribution in [3.8, 4) is 0 Å². The number of nitrogens with zero attached hydrogens (tertiary/aromatic N) is 2. The van der Waals surface area contributed by atoms with Gasteiger partial charge >= 0.3 is 5.97 Å². The number of carboxylic acid groups (broad SMARTS) is 1. The van der Waals surface area contributed by atoms with Crippen molar-refractivity contribution in [1.82, 2.24) is 9.21 Å². The van der Waals surface area contributed by atoms with E-state index < -0.39 is 16.0 Å². The summed E-state index contributed by atoms with van der Waals surface area (Å²) in [4.78, 5) is 12.5. The number of hydrogen-bond acceptors (Lipinski definition) is 4. The van der Waals surface area contributed by atoms with E-state index in [-0.39, 0.29) is 18.3 Å². The predicted octanol–water partition coefficient (Wildman–Crippen LogP) is 1.31. The van der Waals surface area contributed by atoms with Crippen LogP contribution in [0, 0.1) is 6.92 Å². The number of carboxylic acids is 1. The standard InChI is InChI=1S/C16H24N2O4S/c1-13-4-3-5-14(10-13)12-23(21,22)18-8-6-15(7-9-18)17(2)11-16(19)20/h3-5,10,15H,6-9,11-12H2,1-2H3,(H,19,20). The fourth-order valence-electron chi connectivity index (χ4n) is 3.01. The maximum Gasteiger partial charge on any atom is 0.317 e. The number of aliphatic carboxylic acids is 1. The Hall–Kier alpha value is -1.44. The molecule has 0 atom stereocenters. The molecule has 128 valence electrons. The number of rotatable bonds is 6. The molecular weight excluding hydrogens is 316 g/mol. The van der Waals surface area contributed by atoms with E-state index in [1.807, 2.05) is 31.2 Å². The lowest BCUT2D eigenvalue weighted by molar-refractivity contribution is -0.138. The fourth-order valence-corrected chi connectivity index (χ4v) is 4.56. The van der Waals surface area contributed by atoms with Crippen molar-refractivity contribution < 1.29 is 18.3 Å². The summed E-state index contributed by atoms with van der Waals surface area (Å²) < 4.78 is 26.6. The van der Waals surface area contributed by atoms with E-state index in [1.165, 1.54) is 4.31 Å². The van der Waals surface area contributed by atoms with Crippen LogP contribution in [0.3, 0.4) is 0 Å². The minimum Gasteiger partial charge on any atom is -0.480 e. The molecule has 1 heterocycles. The van der Waals surface area contributed by atoms with Gasteiger partial charge in [0.2, 0.25) is 10.0 Å². The number of aryl methyl sites for hydroxylation is 1. The lowest BCUT2D eigenvalue weighted by Crippen LogP contribution is -2.46. The molecule has 0 saturated carbocycles. The van der Waals surface area contributed by atoms with E-state index in [1.54, 1.807) is 11.9 Å². The van der Waals surface area contributed by atoms with Crippen LogP contribution in [0.2, 0.25) is 0 Å². The highest BCUT2D eigenvalue weighted by Crippen LogP contribution is 2.20. The first-order valence-corrected chi connectivity index (χ1v) is 9.34. The van der Waals surface area contributed by atoms with Gasteiger partial charge in [0, 0.05) is 19.1 Å². The van der Waals surface area contributed by atoms with Gasteiger partial charge in [-0.15, -0.1) is 0 Å². The molecule has 7 heteroatoms. The Morgan fingerprint density at radius 3 is 2.57 bits per heavy atom. The number of carbonyl (C=O) groups is 1. The molecule has 0 spiro atoms. The third-order valence-electron chi connectivity index (χ3n) is 4.26.